The predicted octanol–water partition coefficient (Wildman–Crippen LogP) is 2.02. The molecule has 0 aliphatic carbocycles. The zero-order valence-corrected chi connectivity index (χ0v) is 14.9. The van der Waals surface area contributed by atoms with Gasteiger partial charge in [0.05, 0.1) is 12.7 Å². The summed E-state index contributed by atoms with van der Waals surface area (Å²) in [6.45, 7) is 1.81. The van der Waals surface area contributed by atoms with Gasteiger partial charge in [-0.05, 0) is 30.7 Å². The van der Waals surface area contributed by atoms with Crippen LogP contribution in [0.5, 0.6) is 0 Å². The molecule has 0 spiro atoms. The largest absolute Gasteiger partial charge is 0.358 e. The molecule has 0 aliphatic heterocycles. The number of benzene rings is 1. The minimum absolute atomic E-state index is 0.0176. The molecular weight excluding hydrogens is 369 g/mol. The van der Waals surface area contributed by atoms with E-state index >= 15 is 0 Å². The van der Waals surface area contributed by atoms with E-state index in [1.807, 2.05) is 0 Å². The number of sulfonamides is 1. The van der Waals surface area contributed by atoms with E-state index in [9.17, 15) is 17.6 Å². The molecular formula is C14H14FN5O3S2. The Morgan fingerprint density at radius 1 is 1.32 bits per heavy atom. The fourth-order valence-electron chi connectivity index (χ4n) is 2.38. The van der Waals surface area contributed by atoms with Crippen molar-refractivity contribution in [3.63, 3.8) is 0 Å². The Hall–Kier alpha value is -2.53. The number of H-pyrrole nitrogens is 1. The zero-order chi connectivity index (χ0) is 18.2. The van der Waals surface area contributed by atoms with E-state index in [1.54, 1.807) is 13.0 Å². The van der Waals surface area contributed by atoms with Gasteiger partial charge >= 0.3 is 0 Å². The summed E-state index contributed by atoms with van der Waals surface area (Å²) in [5.74, 6) is -0.746. The van der Waals surface area contributed by atoms with Gasteiger partial charge in [-0.2, -0.15) is 0 Å². The maximum atomic E-state index is 13.5. The Balaban J connectivity index is 1.75. The van der Waals surface area contributed by atoms with Gasteiger partial charge < -0.3 is 10.3 Å². The number of hydrogen-bond acceptors (Lipinski definition) is 6. The Kier molecular flexibility index (Phi) is 4.43. The van der Waals surface area contributed by atoms with Crippen molar-refractivity contribution in [2.24, 2.45) is 0 Å². The number of amides is 1. The lowest BCUT2D eigenvalue weighted by molar-refractivity contribution is -0.115. The van der Waals surface area contributed by atoms with Crippen molar-refractivity contribution < 1.29 is 17.6 Å². The standard InChI is InChI=1S/C14H14FN5O3S2/c1-7-9(10-5-8(15)3-4-11(10)16-7)6-12(21)17-13-18-19-14(24-13)20-25(2,22)23/h3-5,16H,6H2,1-2H3,(H,19,20)(H,17,18,21). The smallest absolute Gasteiger partial charge is 0.231 e. The van der Waals surface area contributed by atoms with Crippen LogP contribution in [0, 0.1) is 12.7 Å². The van der Waals surface area contributed by atoms with Gasteiger partial charge in [-0.15, -0.1) is 10.2 Å². The highest BCUT2D eigenvalue weighted by atomic mass is 32.2. The first kappa shape index (κ1) is 17.3. The normalized spacial score (nSPS) is 11.6. The Morgan fingerprint density at radius 2 is 2.04 bits per heavy atom. The average Bonchev–Trinajstić information content (AvgIpc) is 3.03. The van der Waals surface area contributed by atoms with Gasteiger partial charge in [0.2, 0.25) is 26.2 Å². The third kappa shape index (κ3) is 4.12. The Morgan fingerprint density at radius 3 is 2.76 bits per heavy atom. The lowest BCUT2D eigenvalue weighted by atomic mass is 10.1. The third-order valence-electron chi connectivity index (χ3n) is 3.36. The van der Waals surface area contributed by atoms with E-state index in [2.05, 4.69) is 25.2 Å². The van der Waals surface area contributed by atoms with Gasteiger partial charge in [0, 0.05) is 16.6 Å². The topological polar surface area (TPSA) is 117 Å². The summed E-state index contributed by atoms with van der Waals surface area (Å²) in [7, 11) is -3.46. The molecule has 3 rings (SSSR count). The van der Waals surface area contributed by atoms with Crippen molar-refractivity contribution in [2.45, 2.75) is 13.3 Å². The molecule has 0 aliphatic rings. The highest BCUT2D eigenvalue weighted by Crippen LogP contribution is 2.25. The van der Waals surface area contributed by atoms with E-state index in [-0.39, 0.29) is 28.4 Å². The van der Waals surface area contributed by atoms with Crippen LogP contribution in [0.4, 0.5) is 14.7 Å². The van der Waals surface area contributed by atoms with E-state index in [1.165, 1.54) is 12.1 Å². The lowest BCUT2D eigenvalue weighted by Gasteiger charge is -2.02. The quantitative estimate of drug-likeness (QED) is 0.623. The molecule has 0 atom stereocenters. The maximum absolute atomic E-state index is 13.5. The number of carbonyl (C=O) groups excluding carboxylic acids is 1. The van der Waals surface area contributed by atoms with E-state index < -0.39 is 10.0 Å². The van der Waals surface area contributed by atoms with Gasteiger partial charge in [0.1, 0.15) is 5.82 Å². The molecule has 3 N–H and O–H groups in total. The fourth-order valence-corrected chi connectivity index (χ4v) is 3.87. The van der Waals surface area contributed by atoms with Crippen molar-refractivity contribution in [3.05, 3.63) is 35.3 Å². The van der Waals surface area contributed by atoms with Crippen LogP contribution >= 0.6 is 11.3 Å². The fraction of sp³-hybridized carbons (Fsp3) is 0.214. The van der Waals surface area contributed by atoms with Crippen LogP contribution in [0.1, 0.15) is 11.3 Å². The predicted molar refractivity (Wildman–Crippen MR) is 93.7 cm³/mol. The number of hydrogen-bond donors (Lipinski definition) is 3. The SMILES string of the molecule is Cc1[nH]c2ccc(F)cc2c1CC(=O)Nc1nnc(NS(C)(=O)=O)s1. The van der Waals surface area contributed by atoms with Crippen molar-refractivity contribution in [3.8, 4) is 0 Å². The summed E-state index contributed by atoms with van der Waals surface area (Å²) < 4.78 is 37.9. The molecule has 0 fully saturated rings. The van der Waals surface area contributed by atoms with E-state index in [4.69, 9.17) is 0 Å². The molecule has 0 saturated carbocycles. The summed E-state index contributed by atoms with van der Waals surface area (Å²) in [5.41, 5.74) is 2.20. The minimum atomic E-state index is -3.46. The second-order valence-electron chi connectivity index (χ2n) is 5.43. The molecule has 8 nitrogen and oxygen atoms in total. The molecule has 132 valence electrons. The van der Waals surface area contributed by atoms with E-state index in [0.717, 1.165) is 28.8 Å². The molecule has 0 saturated heterocycles. The first-order chi connectivity index (χ1) is 11.7. The van der Waals surface area contributed by atoms with Crippen molar-refractivity contribution in [1.29, 1.82) is 0 Å². The van der Waals surface area contributed by atoms with Gasteiger partial charge in [-0.1, -0.05) is 11.3 Å². The molecule has 11 heteroatoms. The number of fused-ring (bicyclic) bond motifs is 1. The van der Waals surface area contributed by atoms with Crippen LogP contribution in [0.3, 0.4) is 0 Å². The third-order valence-corrected chi connectivity index (χ3v) is 4.81. The summed E-state index contributed by atoms with van der Waals surface area (Å²) in [6, 6.07) is 4.34. The second kappa shape index (κ2) is 6.41. The molecule has 25 heavy (non-hydrogen) atoms. The summed E-state index contributed by atoms with van der Waals surface area (Å²) >= 11 is 0.899. The van der Waals surface area contributed by atoms with E-state index in [0.29, 0.717) is 10.9 Å². The minimum Gasteiger partial charge on any atom is -0.358 e. The zero-order valence-electron chi connectivity index (χ0n) is 13.3. The summed E-state index contributed by atoms with van der Waals surface area (Å²) in [4.78, 5) is 15.3. The monoisotopic (exact) mass is 383 g/mol. The van der Waals surface area contributed by atoms with Crippen LogP contribution < -0.4 is 10.0 Å². The molecule has 0 radical (unpaired) electrons. The highest BCUT2D eigenvalue weighted by Gasteiger charge is 2.15. The van der Waals surface area contributed by atoms with Crippen molar-refractivity contribution in [1.82, 2.24) is 15.2 Å². The van der Waals surface area contributed by atoms with Crippen LogP contribution in [-0.2, 0) is 21.2 Å². The van der Waals surface area contributed by atoms with Crippen LogP contribution in [-0.4, -0.2) is 35.8 Å². The first-order valence-electron chi connectivity index (χ1n) is 7.09. The van der Waals surface area contributed by atoms with Gasteiger partial charge in [-0.3, -0.25) is 9.52 Å². The number of anilines is 2. The Bertz CT molecular complexity index is 1060. The number of aryl methyl sites for hydroxylation is 1. The van der Waals surface area contributed by atoms with Gasteiger partial charge in [0.25, 0.3) is 0 Å². The summed E-state index contributed by atoms with van der Waals surface area (Å²) in [5, 5.41) is 10.8. The molecule has 1 aromatic carbocycles. The molecule has 2 aromatic heterocycles. The molecule has 1 amide bonds. The number of halogens is 1. The summed E-state index contributed by atoms with van der Waals surface area (Å²) in [6.07, 6.45) is 1.01. The first-order valence-corrected chi connectivity index (χ1v) is 9.80. The van der Waals surface area contributed by atoms with Crippen LogP contribution in [0.2, 0.25) is 0 Å². The van der Waals surface area contributed by atoms with Gasteiger partial charge in [-0.25, -0.2) is 12.8 Å². The Labute approximate surface area is 146 Å². The number of rotatable bonds is 5. The molecule has 0 bridgehead atoms. The highest BCUT2D eigenvalue weighted by molar-refractivity contribution is 7.92. The number of aromatic nitrogens is 3. The van der Waals surface area contributed by atoms with Crippen molar-refractivity contribution >= 4 is 48.4 Å². The number of nitrogens with zero attached hydrogens (tertiary/aromatic N) is 2. The number of carbonyl (C=O) groups is 1. The molecule has 2 heterocycles. The average molecular weight is 383 g/mol. The molecule has 0 unspecified atom stereocenters. The number of aromatic amines is 1. The van der Waals surface area contributed by atoms with Crippen LogP contribution in [0.25, 0.3) is 10.9 Å². The second-order valence-corrected chi connectivity index (χ2v) is 8.16. The maximum Gasteiger partial charge on any atom is 0.231 e. The lowest BCUT2D eigenvalue weighted by Crippen LogP contribution is -2.14. The van der Waals surface area contributed by atoms with Crippen molar-refractivity contribution in [2.75, 3.05) is 16.3 Å². The van der Waals surface area contributed by atoms with Gasteiger partial charge in [0.15, 0.2) is 0 Å². The molecule has 3 aromatic rings. The number of nitrogens with one attached hydrogen (secondary N) is 3. The van der Waals surface area contributed by atoms with Crippen LogP contribution in [0.15, 0.2) is 18.2 Å².